The predicted octanol–water partition coefficient (Wildman–Crippen LogP) is 1.05. The maximum Gasteiger partial charge on any atom is 2.00 e. The molecule has 0 aromatic heterocycles. The first kappa shape index (κ1) is 21.7. The molecule has 0 aromatic carbocycles. The van der Waals surface area contributed by atoms with Crippen molar-refractivity contribution in [3.05, 3.63) is 0 Å². The van der Waals surface area contributed by atoms with Crippen molar-refractivity contribution in [2.45, 2.75) is 26.7 Å². The Morgan fingerprint density at radius 1 is 0.867 bits per heavy atom. The molecule has 0 saturated carbocycles. The fourth-order valence-electron chi connectivity index (χ4n) is 0.548. The number of rotatable bonds is 6. The van der Waals surface area contributed by atoms with Crippen molar-refractivity contribution in [2.24, 2.45) is 0 Å². The van der Waals surface area contributed by atoms with Gasteiger partial charge in [-0.25, -0.2) is 0 Å². The molecule has 7 heteroatoms. The standard InChI is InChI=1S/2C4H10O2P.Mg/c2*1-3-4-7(5)6-2;/h2*3-4H2,1-2H3;/q2*-1;+2. The van der Waals surface area contributed by atoms with Crippen molar-refractivity contribution in [2.75, 3.05) is 26.5 Å². The molecule has 0 fully saturated rings. The zero-order valence-electron chi connectivity index (χ0n) is 10.1. The quantitative estimate of drug-likeness (QED) is 0.532. The summed E-state index contributed by atoms with van der Waals surface area (Å²) < 4.78 is 9.00. The van der Waals surface area contributed by atoms with E-state index in [1.54, 1.807) is 0 Å². The Kier molecular flexibility index (Phi) is 25.8. The third-order valence-corrected chi connectivity index (χ3v) is 3.66. The van der Waals surface area contributed by atoms with Gasteiger partial charge in [-0.2, -0.15) is 0 Å². The average molecular weight is 266 g/mol. The van der Waals surface area contributed by atoms with Gasteiger partial charge in [0.05, 0.1) is 0 Å². The van der Waals surface area contributed by atoms with Gasteiger partial charge in [0.25, 0.3) is 0 Å². The Labute approximate surface area is 112 Å². The van der Waals surface area contributed by atoms with Gasteiger partial charge in [0.15, 0.2) is 0 Å². The van der Waals surface area contributed by atoms with E-state index < -0.39 is 16.8 Å². The molecular formula is C8H20MgO4P2. The zero-order valence-corrected chi connectivity index (χ0v) is 13.3. The third-order valence-electron chi connectivity index (χ3n) is 1.22. The first-order valence-electron chi connectivity index (χ1n) is 4.59. The second-order valence-corrected chi connectivity index (χ2v) is 5.43. The summed E-state index contributed by atoms with van der Waals surface area (Å²) in [5.41, 5.74) is 0. The van der Waals surface area contributed by atoms with Gasteiger partial charge in [-0.15, -0.1) is 0 Å². The molecule has 0 aromatic rings. The van der Waals surface area contributed by atoms with Crippen LogP contribution in [0.15, 0.2) is 0 Å². The molecule has 4 nitrogen and oxygen atoms in total. The van der Waals surface area contributed by atoms with Crippen LogP contribution < -0.4 is 9.79 Å². The molecule has 0 bridgehead atoms. The van der Waals surface area contributed by atoms with Gasteiger partial charge in [0.1, 0.15) is 0 Å². The van der Waals surface area contributed by atoms with Crippen molar-refractivity contribution >= 4 is 39.8 Å². The first-order valence-corrected chi connectivity index (χ1v) is 7.32. The van der Waals surface area contributed by atoms with Crippen LogP contribution in [0.3, 0.4) is 0 Å². The summed E-state index contributed by atoms with van der Waals surface area (Å²) in [6, 6.07) is 0. The second-order valence-electron chi connectivity index (χ2n) is 2.48. The maximum atomic E-state index is 10.3. The topological polar surface area (TPSA) is 64.6 Å². The minimum absolute atomic E-state index is 0. The predicted molar refractivity (Wildman–Crippen MR) is 63.9 cm³/mol. The average Bonchev–Trinajstić information content (AvgIpc) is 2.19. The molecular weight excluding hydrogens is 246 g/mol. The van der Waals surface area contributed by atoms with Gasteiger partial charge < -0.3 is 18.8 Å². The molecule has 15 heavy (non-hydrogen) atoms. The van der Waals surface area contributed by atoms with Crippen LogP contribution >= 0.6 is 16.8 Å². The summed E-state index contributed by atoms with van der Waals surface area (Å²) in [7, 11) is 0.276. The Morgan fingerprint density at radius 3 is 1.20 bits per heavy atom. The van der Waals surface area contributed by atoms with E-state index in [2.05, 4.69) is 9.05 Å². The van der Waals surface area contributed by atoms with Crippen LogP contribution in [-0.2, 0) is 9.05 Å². The summed E-state index contributed by atoms with van der Waals surface area (Å²) in [6.07, 6.45) is 3.24. The molecule has 2 unspecified atom stereocenters. The van der Waals surface area contributed by atoms with E-state index in [0.29, 0.717) is 12.3 Å². The van der Waals surface area contributed by atoms with E-state index in [1.807, 2.05) is 13.8 Å². The molecule has 0 heterocycles. The SMILES string of the molecule is CCCP([O-])OC.CCCP([O-])OC.[Mg+2]. The maximum absolute atomic E-state index is 10.3. The van der Waals surface area contributed by atoms with Gasteiger partial charge in [0, 0.05) is 14.2 Å². The monoisotopic (exact) mass is 266 g/mol. The minimum Gasteiger partial charge on any atom is -0.808 e. The largest absolute Gasteiger partial charge is 2.00 e. The molecule has 0 radical (unpaired) electrons. The van der Waals surface area contributed by atoms with Gasteiger partial charge >= 0.3 is 23.1 Å². The third kappa shape index (κ3) is 21.3. The molecule has 0 aliphatic rings. The smallest absolute Gasteiger partial charge is 0.808 e. The van der Waals surface area contributed by atoms with Crippen molar-refractivity contribution in [3.63, 3.8) is 0 Å². The Morgan fingerprint density at radius 2 is 1.13 bits per heavy atom. The van der Waals surface area contributed by atoms with Crippen LogP contribution in [0.1, 0.15) is 26.7 Å². The molecule has 0 aliphatic carbocycles. The van der Waals surface area contributed by atoms with Gasteiger partial charge in [0.2, 0.25) is 0 Å². The summed E-state index contributed by atoms with van der Waals surface area (Å²) in [5.74, 6) is 0. The van der Waals surface area contributed by atoms with Crippen LogP contribution in [0, 0.1) is 0 Å². The van der Waals surface area contributed by atoms with E-state index in [1.165, 1.54) is 14.2 Å². The van der Waals surface area contributed by atoms with Crippen LogP contribution in [0.4, 0.5) is 0 Å². The van der Waals surface area contributed by atoms with Gasteiger partial charge in [-0.3, -0.25) is 0 Å². The van der Waals surface area contributed by atoms with E-state index in [9.17, 15) is 9.79 Å². The van der Waals surface area contributed by atoms with Crippen molar-refractivity contribution in [1.29, 1.82) is 0 Å². The summed E-state index contributed by atoms with van der Waals surface area (Å²) in [5, 5.41) is 0. The van der Waals surface area contributed by atoms with Crippen molar-refractivity contribution < 1.29 is 18.8 Å². The summed E-state index contributed by atoms with van der Waals surface area (Å²) in [4.78, 5) is 20.7. The van der Waals surface area contributed by atoms with Crippen LogP contribution in [0.25, 0.3) is 0 Å². The Balaban J connectivity index is -0.000000180. The van der Waals surface area contributed by atoms with E-state index in [-0.39, 0.29) is 23.1 Å². The second kappa shape index (κ2) is 17.8. The van der Waals surface area contributed by atoms with E-state index in [4.69, 9.17) is 0 Å². The van der Waals surface area contributed by atoms with E-state index >= 15 is 0 Å². The van der Waals surface area contributed by atoms with Gasteiger partial charge in [-0.05, 0) is 12.3 Å². The first-order chi connectivity index (χ1) is 6.62. The Bertz CT molecular complexity index is 98.6. The number of hydrogen-bond acceptors (Lipinski definition) is 4. The van der Waals surface area contributed by atoms with E-state index in [0.717, 1.165) is 12.8 Å². The fraction of sp³-hybridized carbons (Fsp3) is 1.00. The molecule has 0 aliphatic heterocycles. The fourth-order valence-corrected chi connectivity index (χ4v) is 1.64. The summed E-state index contributed by atoms with van der Waals surface area (Å²) in [6.45, 7) is 3.96. The summed E-state index contributed by atoms with van der Waals surface area (Å²) >= 11 is 0. The zero-order chi connectivity index (χ0) is 11.4. The molecule has 0 saturated heterocycles. The normalized spacial score (nSPS) is 13.2. The minimum atomic E-state index is -1.33. The van der Waals surface area contributed by atoms with Crippen molar-refractivity contribution in [3.8, 4) is 0 Å². The molecule has 0 N–H and O–H groups in total. The van der Waals surface area contributed by atoms with Gasteiger partial charge in [-0.1, -0.05) is 43.4 Å². The van der Waals surface area contributed by atoms with Crippen molar-refractivity contribution in [1.82, 2.24) is 0 Å². The van der Waals surface area contributed by atoms with Crippen LogP contribution in [0.5, 0.6) is 0 Å². The number of hydrogen-bond donors (Lipinski definition) is 0. The molecule has 2 atom stereocenters. The Hall–Kier alpha value is 1.47. The molecule has 0 spiro atoms. The molecule has 0 amide bonds. The van der Waals surface area contributed by atoms with Crippen LogP contribution in [-0.4, -0.2) is 49.6 Å². The molecule has 0 rings (SSSR count). The molecule has 88 valence electrons. The van der Waals surface area contributed by atoms with Crippen LogP contribution in [0.2, 0.25) is 0 Å².